The molecule has 3 heterocycles. The number of nitrogens with zero attached hydrogens (tertiary/aromatic N) is 5. The smallest absolute Gasteiger partial charge is 0.175 e. The lowest BCUT2D eigenvalue weighted by atomic mass is 10.2. The maximum Gasteiger partial charge on any atom is 0.175 e. The molecule has 0 unspecified atom stereocenters. The quantitative estimate of drug-likeness (QED) is 0.426. The molecule has 1 aliphatic heterocycles. The minimum Gasteiger partial charge on any atom is -0.351 e. The topological polar surface area (TPSA) is 57.2 Å². The zero-order chi connectivity index (χ0) is 21.9. The van der Waals surface area contributed by atoms with Gasteiger partial charge in [-0.25, -0.2) is 15.0 Å². The Morgan fingerprint density at radius 2 is 1.59 bits per heavy atom. The number of piperazine rings is 1. The van der Waals surface area contributed by atoms with Gasteiger partial charge in [-0.3, -0.25) is 4.90 Å². The highest BCUT2D eigenvalue weighted by Crippen LogP contribution is 2.29. The number of aromatic nitrogens is 3. The zero-order valence-electron chi connectivity index (χ0n) is 17.4. The number of fused-ring (bicyclic) bond motifs is 1. The Hall–Kier alpha value is -2.93. The molecule has 0 saturated carbocycles. The first kappa shape index (κ1) is 20.9. The number of halogens is 2. The van der Waals surface area contributed by atoms with Crippen LogP contribution in [0.2, 0.25) is 10.0 Å². The van der Waals surface area contributed by atoms with Crippen LogP contribution in [-0.4, -0.2) is 46.0 Å². The van der Waals surface area contributed by atoms with Gasteiger partial charge in [0.15, 0.2) is 11.6 Å². The van der Waals surface area contributed by atoms with Gasteiger partial charge in [0.05, 0.1) is 11.0 Å². The van der Waals surface area contributed by atoms with Crippen LogP contribution in [0, 0.1) is 0 Å². The van der Waals surface area contributed by atoms with Crippen molar-refractivity contribution in [2.24, 2.45) is 0 Å². The number of anilines is 3. The molecule has 1 fully saturated rings. The van der Waals surface area contributed by atoms with Crippen molar-refractivity contribution in [1.29, 1.82) is 0 Å². The van der Waals surface area contributed by atoms with Crippen molar-refractivity contribution < 1.29 is 0 Å². The molecular weight excluding hydrogens is 443 g/mol. The van der Waals surface area contributed by atoms with Crippen molar-refractivity contribution in [1.82, 2.24) is 19.9 Å². The van der Waals surface area contributed by atoms with E-state index < -0.39 is 0 Å². The number of benzene rings is 2. The van der Waals surface area contributed by atoms with E-state index in [1.807, 2.05) is 60.7 Å². The van der Waals surface area contributed by atoms with E-state index in [2.05, 4.69) is 20.1 Å². The Labute approximate surface area is 196 Å². The van der Waals surface area contributed by atoms with Crippen LogP contribution in [0.25, 0.3) is 11.0 Å². The number of rotatable bonds is 5. The van der Waals surface area contributed by atoms with Gasteiger partial charge in [-0.1, -0.05) is 41.4 Å². The van der Waals surface area contributed by atoms with Crippen molar-refractivity contribution in [2.75, 3.05) is 36.4 Å². The molecule has 4 aromatic rings. The molecule has 0 spiro atoms. The van der Waals surface area contributed by atoms with Crippen molar-refractivity contribution in [3.05, 3.63) is 82.5 Å². The van der Waals surface area contributed by atoms with Crippen molar-refractivity contribution in [3.8, 4) is 0 Å². The predicted octanol–water partition coefficient (Wildman–Crippen LogP) is 5.40. The average molecular weight is 465 g/mol. The van der Waals surface area contributed by atoms with E-state index in [1.54, 1.807) is 6.20 Å². The minimum absolute atomic E-state index is 0.708. The van der Waals surface area contributed by atoms with Crippen LogP contribution >= 0.6 is 23.2 Å². The van der Waals surface area contributed by atoms with Gasteiger partial charge in [0, 0.05) is 49.0 Å². The fraction of sp³-hybridized carbons (Fsp3) is 0.208. The van der Waals surface area contributed by atoms with Crippen LogP contribution in [0.1, 0.15) is 5.56 Å². The van der Waals surface area contributed by atoms with Gasteiger partial charge in [-0.2, -0.15) is 0 Å². The highest BCUT2D eigenvalue weighted by atomic mass is 35.5. The average Bonchev–Trinajstić information content (AvgIpc) is 2.82. The van der Waals surface area contributed by atoms with Crippen molar-refractivity contribution >= 4 is 51.7 Å². The third-order valence-corrected chi connectivity index (χ3v) is 6.14. The summed E-state index contributed by atoms with van der Waals surface area (Å²) >= 11 is 12.5. The first-order chi connectivity index (χ1) is 15.7. The minimum atomic E-state index is 0.708. The second kappa shape index (κ2) is 9.28. The largest absolute Gasteiger partial charge is 0.351 e. The third kappa shape index (κ3) is 4.63. The highest BCUT2D eigenvalue weighted by molar-refractivity contribution is 6.33. The standard InChI is InChI=1S/C24H22Cl2N6/c25-18-8-9-19(26)17(15-18)16-31-11-13-32(14-12-31)24-23(30-22-7-3-4-10-27-22)28-20-5-1-2-6-21(20)29-24/h1-10,15H,11-14,16H2,(H,27,28,30). The molecule has 0 amide bonds. The number of hydrogen-bond acceptors (Lipinski definition) is 6. The molecule has 8 heteroatoms. The number of hydrogen-bond donors (Lipinski definition) is 1. The van der Waals surface area contributed by atoms with Gasteiger partial charge < -0.3 is 10.2 Å². The summed E-state index contributed by atoms with van der Waals surface area (Å²) in [5, 5.41) is 4.81. The molecule has 1 N–H and O–H groups in total. The maximum absolute atomic E-state index is 6.37. The molecule has 0 aliphatic carbocycles. The molecule has 1 saturated heterocycles. The van der Waals surface area contributed by atoms with Crippen LogP contribution in [0.15, 0.2) is 66.9 Å². The summed E-state index contributed by atoms with van der Waals surface area (Å²) in [4.78, 5) is 18.8. The van der Waals surface area contributed by atoms with Gasteiger partial charge in [-0.05, 0) is 48.0 Å². The van der Waals surface area contributed by atoms with E-state index in [4.69, 9.17) is 33.2 Å². The Bertz CT molecular complexity index is 1230. The fourth-order valence-electron chi connectivity index (χ4n) is 3.88. The van der Waals surface area contributed by atoms with E-state index in [1.165, 1.54) is 0 Å². The lowest BCUT2D eigenvalue weighted by molar-refractivity contribution is 0.249. The molecule has 6 nitrogen and oxygen atoms in total. The fourth-order valence-corrected chi connectivity index (χ4v) is 4.25. The summed E-state index contributed by atoms with van der Waals surface area (Å²) in [5.41, 5.74) is 2.78. The molecule has 1 aliphatic rings. The SMILES string of the molecule is Clc1ccc(Cl)c(CN2CCN(c3nc4ccccc4nc3Nc3ccccn3)CC2)c1. The second-order valence-corrected chi connectivity index (χ2v) is 8.57. The van der Waals surface area contributed by atoms with Gasteiger partial charge in [-0.15, -0.1) is 0 Å². The second-order valence-electron chi connectivity index (χ2n) is 7.72. The molecule has 0 radical (unpaired) electrons. The van der Waals surface area contributed by atoms with E-state index in [0.29, 0.717) is 10.8 Å². The molecular formula is C24H22Cl2N6. The Morgan fingerprint density at radius 1 is 0.844 bits per heavy atom. The Morgan fingerprint density at radius 3 is 2.34 bits per heavy atom. The lowest BCUT2D eigenvalue weighted by Crippen LogP contribution is -2.46. The summed E-state index contributed by atoms with van der Waals surface area (Å²) in [6.07, 6.45) is 1.76. The highest BCUT2D eigenvalue weighted by Gasteiger charge is 2.23. The normalized spacial score (nSPS) is 14.6. The molecule has 2 aromatic heterocycles. The van der Waals surface area contributed by atoms with E-state index in [9.17, 15) is 0 Å². The summed E-state index contributed by atoms with van der Waals surface area (Å²) in [6, 6.07) is 19.3. The van der Waals surface area contributed by atoms with Crippen LogP contribution in [0.5, 0.6) is 0 Å². The van der Waals surface area contributed by atoms with Crippen LogP contribution in [0.4, 0.5) is 17.5 Å². The molecule has 5 rings (SSSR count). The Kier molecular flexibility index (Phi) is 6.08. The number of nitrogens with one attached hydrogen (secondary N) is 1. The molecule has 32 heavy (non-hydrogen) atoms. The zero-order valence-corrected chi connectivity index (χ0v) is 18.9. The van der Waals surface area contributed by atoms with Gasteiger partial charge >= 0.3 is 0 Å². The van der Waals surface area contributed by atoms with E-state index in [-0.39, 0.29) is 0 Å². The van der Waals surface area contributed by atoms with Crippen LogP contribution in [0.3, 0.4) is 0 Å². The first-order valence-corrected chi connectivity index (χ1v) is 11.3. The van der Waals surface area contributed by atoms with Crippen molar-refractivity contribution in [2.45, 2.75) is 6.54 Å². The molecule has 0 bridgehead atoms. The third-order valence-electron chi connectivity index (χ3n) is 5.54. The molecule has 2 aromatic carbocycles. The van der Waals surface area contributed by atoms with Gasteiger partial charge in [0.2, 0.25) is 0 Å². The van der Waals surface area contributed by atoms with Crippen LogP contribution in [-0.2, 0) is 6.54 Å². The lowest BCUT2D eigenvalue weighted by Gasteiger charge is -2.36. The monoisotopic (exact) mass is 464 g/mol. The van der Waals surface area contributed by atoms with E-state index >= 15 is 0 Å². The molecule has 162 valence electrons. The van der Waals surface area contributed by atoms with Gasteiger partial charge in [0.1, 0.15) is 5.82 Å². The summed E-state index contributed by atoms with van der Waals surface area (Å²) in [7, 11) is 0. The van der Waals surface area contributed by atoms with Crippen LogP contribution < -0.4 is 10.2 Å². The summed E-state index contributed by atoms with van der Waals surface area (Å²) in [6.45, 7) is 4.22. The summed E-state index contributed by atoms with van der Waals surface area (Å²) < 4.78 is 0. The number of pyridine rings is 1. The maximum atomic E-state index is 6.37. The predicted molar refractivity (Wildman–Crippen MR) is 131 cm³/mol. The van der Waals surface area contributed by atoms with Gasteiger partial charge in [0.25, 0.3) is 0 Å². The van der Waals surface area contributed by atoms with Crippen molar-refractivity contribution in [3.63, 3.8) is 0 Å². The first-order valence-electron chi connectivity index (χ1n) is 10.5. The summed E-state index contributed by atoms with van der Waals surface area (Å²) in [5.74, 6) is 2.30. The van der Waals surface area contributed by atoms with E-state index in [0.717, 1.165) is 66.0 Å². The molecule has 0 atom stereocenters. The Balaban J connectivity index is 1.37. The number of para-hydroxylation sites is 2.